The highest BCUT2D eigenvalue weighted by Gasteiger charge is 2.24. The van der Waals surface area contributed by atoms with Crippen LogP contribution in [0.4, 0.5) is 22.5 Å². The third kappa shape index (κ3) is 3.29. The van der Waals surface area contributed by atoms with Gasteiger partial charge in [-0.2, -0.15) is 0 Å². The van der Waals surface area contributed by atoms with Gasteiger partial charge in [-0.1, -0.05) is 6.07 Å². The fourth-order valence-corrected chi connectivity index (χ4v) is 3.52. The van der Waals surface area contributed by atoms with Gasteiger partial charge in [0.05, 0.1) is 18.4 Å². The fourth-order valence-electron chi connectivity index (χ4n) is 2.86. The molecule has 1 aliphatic rings. The molecule has 0 saturated carbocycles. The number of carbonyl (C=O) groups is 1. The normalized spacial score (nSPS) is 15.3. The molecule has 0 N–H and O–H groups in total. The van der Waals surface area contributed by atoms with Gasteiger partial charge in [-0.15, -0.1) is 11.3 Å². The number of amides is 1. The Bertz CT molecular complexity index is 868. The first-order chi connectivity index (χ1) is 12.7. The minimum Gasteiger partial charge on any atom is -0.308 e. The lowest BCUT2D eigenvalue weighted by atomic mass is 10.2. The van der Waals surface area contributed by atoms with Crippen LogP contribution in [0, 0.1) is 0 Å². The van der Waals surface area contributed by atoms with Gasteiger partial charge in [0.15, 0.2) is 5.13 Å². The molecule has 4 rings (SSSR count). The summed E-state index contributed by atoms with van der Waals surface area (Å²) in [6, 6.07) is 9.55. The van der Waals surface area contributed by atoms with Gasteiger partial charge in [-0.25, -0.2) is 15.0 Å². The number of anilines is 4. The summed E-state index contributed by atoms with van der Waals surface area (Å²) in [4.78, 5) is 31.4. The molecule has 0 bridgehead atoms. The summed E-state index contributed by atoms with van der Waals surface area (Å²) in [5.41, 5.74) is 0.812. The van der Waals surface area contributed by atoms with Crippen molar-refractivity contribution >= 4 is 39.7 Å². The Balaban J connectivity index is 1.65. The van der Waals surface area contributed by atoms with Gasteiger partial charge in [0, 0.05) is 30.9 Å². The number of carbonyl (C=O) groups excluding carboxylic acids is 1. The predicted octanol–water partition coefficient (Wildman–Crippen LogP) is 2.68. The van der Waals surface area contributed by atoms with E-state index in [9.17, 15) is 4.79 Å². The maximum absolute atomic E-state index is 12.3. The Labute approximate surface area is 155 Å². The second kappa shape index (κ2) is 7.19. The lowest BCUT2D eigenvalue weighted by Crippen LogP contribution is -2.48. The molecule has 1 aliphatic heterocycles. The number of thiazole rings is 1. The smallest absolute Gasteiger partial charge is 0.241 e. The van der Waals surface area contributed by atoms with Crippen molar-refractivity contribution in [3.8, 4) is 0 Å². The first kappa shape index (κ1) is 16.6. The third-order valence-corrected chi connectivity index (χ3v) is 4.93. The fraction of sp³-hybridized carbons (Fsp3) is 0.222. The van der Waals surface area contributed by atoms with Gasteiger partial charge >= 0.3 is 0 Å². The molecular weight excluding hydrogens is 348 g/mol. The zero-order valence-corrected chi connectivity index (χ0v) is 15.1. The highest BCUT2D eigenvalue weighted by Crippen LogP contribution is 2.33. The topological polar surface area (TPSA) is 65.5 Å². The maximum atomic E-state index is 12.3. The van der Waals surface area contributed by atoms with Crippen molar-refractivity contribution < 1.29 is 4.79 Å². The largest absolute Gasteiger partial charge is 0.308 e. The average molecular weight is 366 g/mol. The number of piperazine rings is 1. The van der Waals surface area contributed by atoms with E-state index >= 15 is 0 Å². The van der Waals surface area contributed by atoms with Crippen molar-refractivity contribution in [3.63, 3.8) is 0 Å². The second-order valence-corrected chi connectivity index (χ2v) is 6.87. The summed E-state index contributed by atoms with van der Waals surface area (Å²) in [7, 11) is 1.95. The molecule has 26 heavy (non-hydrogen) atoms. The predicted molar refractivity (Wildman–Crippen MR) is 102 cm³/mol. The molecule has 1 amide bonds. The van der Waals surface area contributed by atoms with Crippen molar-refractivity contribution in [1.82, 2.24) is 19.9 Å². The van der Waals surface area contributed by atoms with E-state index in [1.165, 1.54) is 11.3 Å². The van der Waals surface area contributed by atoms with E-state index in [0.29, 0.717) is 18.9 Å². The molecular formula is C18H18N6OS. The van der Waals surface area contributed by atoms with Gasteiger partial charge in [-0.3, -0.25) is 14.6 Å². The van der Waals surface area contributed by atoms with Gasteiger partial charge in [0.2, 0.25) is 5.91 Å². The van der Waals surface area contributed by atoms with E-state index in [1.54, 1.807) is 23.5 Å². The van der Waals surface area contributed by atoms with Crippen molar-refractivity contribution in [3.05, 3.63) is 54.3 Å². The van der Waals surface area contributed by atoms with E-state index in [-0.39, 0.29) is 5.91 Å². The Morgan fingerprint density at radius 1 is 1.04 bits per heavy atom. The molecule has 8 heteroatoms. The zero-order valence-electron chi connectivity index (χ0n) is 14.3. The number of likely N-dealkylation sites (N-methyl/N-ethyl adjacent to an activating group) is 1. The van der Waals surface area contributed by atoms with Crippen LogP contribution in [0.15, 0.2) is 54.3 Å². The molecule has 132 valence electrons. The van der Waals surface area contributed by atoms with E-state index in [0.717, 1.165) is 23.2 Å². The first-order valence-corrected chi connectivity index (χ1v) is 9.16. The second-order valence-electron chi connectivity index (χ2n) is 6.00. The quantitative estimate of drug-likeness (QED) is 0.707. The molecule has 0 spiro atoms. The average Bonchev–Trinajstić information content (AvgIpc) is 3.18. The lowest BCUT2D eigenvalue weighted by molar-refractivity contribution is -0.120. The van der Waals surface area contributed by atoms with Crippen LogP contribution in [-0.2, 0) is 4.79 Å². The molecule has 0 aromatic carbocycles. The number of hydrogen-bond donors (Lipinski definition) is 0. The highest BCUT2D eigenvalue weighted by molar-refractivity contribution is 7.13. The van der Waals surface area contributed by atoms with Crippen molar-refractivity contribution in [2.45, 2.75) is 0 Å². The SMILES string of the molecule is CN1CCN(c2ccc(N(c3ccccn3)c3nccs3)nc2)C(=O)C1. The van der Waals surface area contributed by atoms with Crippen LogP contribution >= 0.6 is 11.3 Å². The van der Waals surface area contributed by atoms with E-state index in [4.69, 9.17) is 0 Å². The van der Waals surface area contributed by atoms with Crippen LogP contribution in [0.1, 0.15) is 0 Å². The minimum atomic E-state index is 0.0924. The molecule has 0 unspecified atom stereocenters. The molecule has 7 nitrogen and oxygen atoms in total. The summed E-state index contributed by atoms with van der Waals surface area (Å²) in [6.07, 6.45) is 5.24. The number of rotatable bonds is 4. The molecule has 0 aliphatic carbocycles. The van der Waals surface area contributed by atoms with Crippen LogP contribution in [-0.4, -0.2) is 52.4 Å². The first-order valence-electron chi connectivity index (χ1n) is 8.28. The Morgan fingerprint density at radius 2 is 1.92 bits per heavy atom. The van der Waals surface area contributed by atoms with E-state index in [1.807, 2.05) is 52.6 Å². The number of nitrogens with zero attached hydrogens (tertiary/aromatic N) is 6. The molecule has 0 atom stereocenters. The third-order valence-electron chi connectivity index (χ3n) is 4.17. The molecule has 0 radical (unpaired) electrons. The van der Waals surface area contributed by atoms with Crippen molar-refractivity contribution in [1.29, 1.82) is 0 Å². The Hall–Kier alpha value is -2.84. The molecule has 1 fully saturated rings. The van der Waals surface area contributed by atoms with Crippen LogP contribution in [0.3, 0.4) is 0 Å². The van der Waals surface area contributed by atoms with Crippen molar-refractivity contribution in [2.24, 2.45) is 0 Å². The van der Waals surface area contributed by atoms with Crippen molar-refractivity contribution in [2.75, 3.05) is 36.5 Å². The number of pyridine rings is 2. The number of hydrogen-bond acceptors (Lipinski definition) is 7. The van der Waals surface area contributed by atoms with Crippen LogP contribution in [0.2, 0.25) is 0 Å². The Kier molecular flexibility index (Phi) is 4.59. The zero-order chi connectivity index (χ0) is 17.9. The van der Waals surface area contributed by atoms with E-state index < -0.39 is 0 Å². The lowest BCUT2D eigenvalue weighted by Gasteiger charge is -2.32. The molecule has 3 aromatic rings. The monoisotopic (exact) mass is 366 g/mol. The summed E-state index contributed by atoms with van der Waals surface area (Å²) in [5.74, 6) is 1.55. The minimum absolute atomic E-state index is 0.0924. The van der Waals surface area contributed by atoms with Crippen LogP contribution in [0.25, 0.3) is 0 Å². The summed E-state index contributed by atoms with van der Waals surface area (Å²) < 4.78 is 0. The van der Waals surface area contributed by atoms with E-state index in [2.05, 4.69) is 15.0 Å². The Morgan fingerprint density at radius 3 is 2.58 bits per heavy atom. The van der Waals surface area contributed by atoms with Gasteiger partial charge in [0.1, 0.15) is 11.6 Å². The van der Waals surface area contributed by atoms with Crippen LogP contribution < -0.4 is 9.80 Å². The molecule has 4 heterocycles. The molecule has 3 aromatic heterocycles. The summed E-state index contributed by atoms with van der Waals surface area (Å²) in [6.45, 7) is 1.96. The van der Waals surface area contributed by atoms with Gasteiger partial charge < -0.3 is 4.90 Å². The standard InChI is InChI=1S/C18H18N6OS/c1-22-9-10-23(17(25)13-22)14-5-6-16(21-12-14)24(18-20-8-11-26-18)15-4-2-3-7-19-15/h2-8,11-12H,9-10,13H2,1H3. The number of aromatic nitrogens is 3. The van der Waals surface area contributed by atoms with Gasteiger partial charge in [-0.05, 0) is 31.3 Å². The summed E-state index contributed by atoms with van der Waals surface area (Å²) in [5, 5.41) is 2.71. The van der Waals surface area contributed by atoms with Gasteiger partial charge in [0.25, 0.3) is 0 Å². The van der Waals surface area contributed by atoms with Crippen LogP contribution in [0.5, 0.6) is 0 Å². The summed E-state index contributed by atoms with van der Waals surface area (Å²) >= 11 is 1.52. The highest BCUT2D eigenvalue weighted by atomic mass is 32.1. The molecule has 1 saturated heterocycles. The maximum Gasteiger partial charge on any atom is 0.241 e.